The zero-order valence-electron chi connectivity index (χ0n) is 14.1. The summed E-state index contributed by atoms with van der Waals surface area (Å²) in [6, 6.07) is 13.9. The summed E-state index contributed by atoms with van der Waals surface area (Å²) < 4.78 is 48.2. The molecule has 0 aliphatic rings. The van der Waals surface area contributed by atoms with Crippen LogP contribution in [0.3, 0.4) is 0 Å². The van der Waals surface area contributed by atoms with Gasteiger partial charge in [-0.3, -0.25) is 0 Å². The molecule has 0 amide bonds. The van der Waals surface area contributed by atoms with Gasteiger partial charge in [0.1, 0.15) is 0 Å². The molecular formula is C18H11F3N4O2S. The monoisotopic (exact) mass is 404 g/mol. The van der Waals surface area contributed by atoms with Crippen LogP contribution in [-0.4, -0.2) is 20.3 Å². The molecule has 2 heterocycles. The first-order valence-corrected chi connectivity index (χ1v) is 9.00. The van der Waals surface area contributed by atoms with Gasteiger partial charge in [-0.15, -0.1) is 0 Å². The average molecular weight is 404 g/mol. The molecule has 0 aliphatic heterocycles. The minimum absolute atomic E-state index is 0.201. The molecule has 0 N–H and O–H groups in total. The van der Waals surface area contributed by atoms with Gasteiger partial charge >= 0.3 is 6.18 Å². The molecule has 0 atom stereocenters. The largest absolute Gasteiger partial charge is 0.416 e. The van der Waals surface area contributed by atoms with Crippen LogP contribution in [0.25, 0.3) is 22.8 Å². The average Bonchev–Trinajstić information content (AvgIpc) is 3.36. The van der Waals surface area contributed by atoms with Crippen molar-refractivity contribution in [3.8, 4) is 22.8 Å². The maximum Gasteiger partial charge on any atom is 0.416 e. The van der Waals surface area contributed by atoms with Crippen LogP contribution >= 0.6 is 11.8 Å². The van der Waals surface area contributed by atoms with E-state index in [1.165, 1.54) is 23.9 Å². The van der Waals surface area contributed by atoms with Gasteiger partial charge in [0.2, 0.25) is 17.5 Å². The number of nitrogens with zero attached hydrogens (tertiary/aromatic N) is 4. The molecule has 0 unspecified atom stereocenters. The zero-order valence-corrected chi connectivity index (χ0v) is 14.9. The van der Waals surface area contributed by atoms with Crippen LogP contribution in [0.5, 0.6) is 0 Å². The SMILES string of the molecule is FC(F)(F)c1ccc(-c2noc(SCc3nc(-c4ccccc4)no3)n2)cc1. The summed E-state index contributed by atoms with van der Waals surface area (Å²) in [4.78, 5) is 8.46. The Bertz CT molecular complexity index is 1060. The first-order valence-electron chi connectivity index (χ1n) is 8.01. The second-order valence-electron chi connectivity index (χ2n) is 5.63. The van der Waals surface area contributed by atoms with Crippen molar-refractivity contribution in [2.24, 2.45) is 0 Å². The normalized spacial score (nSPS) is 11.7. The highest BCUT2D eigenvalue weighted by atomic mass is 32.2. The zero-order chi connectivity index (χ0) is 19.6. The molecule has 6 nitrogen and oxygen atoms in total. The van der Waals surface area contributed by atoms with Gasteiger partial charge in [0.15, 0.2) is 0 Å². The Kier molecular flexibility index (Phi) is 4.86. The number of rotatable bonds is 5. The van der Waals surface area contributed by atoms with E-state index in [0.29, 0.717) is 23.0 Å². The van der Waals surface area contributed by atoms with Crippen LogP contribution in [0.15, 0.2) is 68.9 Å². The lowest BCUT2D eigenvalue weighted by molar-refractivity contribution is -0.137. The lowest BCUT2D eigenvalue weighted by Gasteiger charge is -2.05. The molecule has 10 heteroatoms. The molecule has 2 aromatic carbocycles. The molecule has 0 spiro atoms. The van der Waals surface area contributed by atoms with Crippen molar-refractivity contribution in [3.63, 3.8) is 0 Å². The highest BCUT2D eigenvalue weighted by Gasteiger charge is 2.30. The molecule has 0 bridgehead atoms. The Morgan fingerprint density at radius 3 is 2.14 bits per heavy atom. The molecule has 4 rings (SSSR count). The molecule has 2 aromatic heterocycles. The van der Waals surface area contributed by atoms with E-state index in [9.17, 15) is 13.2 Å². The van der Waals surface area contributed by atoms with Gasteiger partial charge in [-0.2, -0.15) is 23.1 Å². The summed E-state index contributed by atoms with van der Waals surface area (Å²) in [5.41, 5.74) is 0.526. The van der Waals surface area contributed by atoms with E-state index in [2.05, 4.69) is 20.3 Å². The lowest BCUT2D eigenvalue weighted by atomic mass is 10.1. The van der Waals surface area contributed by atoms with Crippen molar-refractivity contribution < 1.29 is 22.2 Å². The van der Waals surface area contributed by atoms with E-state index in [4.69, 9.17) is 9.05 Å². The quantitative estimate of drug-likeness (QED) is 0.428. The Hall–Kier alpha value is -3.14. The number of thioether (sulfide) groups is 1. The molecule has 0 radical (unpaired) electrons. The number of hydrogen-bond donors (Lipinski definition) is 0. The van der Waals surface area contributed by atoms with Crippen LogP contribution in [0.4, 0.5) is 13.2 Å². The fraction of sp³-hybridized carbons (Fsp3) is 0.111. The molecule has 0 saturated carbocycles. The van der Waals surface area contributed by atoms with Gasteiger partial charge in [0.05, 0.1) is 11.3 Å². The highest BCUT2D eigenvalue weighted by molar-refractivity contribution is 7.98. The van der Waals surface area contributed by atoms with Crippen molar-refractivity contribution in [2.45, 2.75) is 17.2 Å². The maximum atomic E-state index is 12.6. The number of alkyl halides is 3. The van der Waals surface area contributed by atoms with Crippen molar-refractivity contribution in [1.82, 2.24) is 20.3 Å². The fourth-order valence-corrected chi connectivity index (χ4v) is 2.94. The fourth-order valence-electron chi connectivity index (χ4n) is 2.34. The summed E-state index contributed by atoms with van der Waals surface area (Å²) in [6.07, 6.45) is -4.39. The van der Waals surface area contributed by atoms with Crippen LogP contribution in [0.1, 0.15) is 11.5 Å². The lowest BCUT2D eigenvalue weighted by Crippen LogP contribution is -2.04. The molecular weight excluding hydrogens is 393 g/mol. The third-order valence-corrected chi connectivity index (χ3v) is 4.50. The predicted octanol–water partition coefficient (Wildman–Crippen LogP) is 5.10. The number of hydrogen-bond acceptors (Lipinski definition) is 7. The van der Waals surface area contributed by atoms with Crippen LogP contribution < -0.4 is 0 Å². The molecule has 0 aliphatic carbocycles. The Morgan fingerprint density at radius 1 is 0.786 bits per heavy atom. The van der Waals surface area contributed by atoms with Crippen LogP contribution in [0.2, 0.25) is 0 Å². The Labute approximate surface area is 160 Å². The number of benzene rings is 2. The standard InChI is InChI=1S/C18H11F3N4O2S/c19-18(20,21)13-8-6-12(7-9-13)16-23-17(27-25-16)28-10-14-22-15(24-26-14)11-4-2-1-3-5-11/h1-9H,10H2. The Morgan fingerprint density at radius 2 is 1.43 bits per heavy atom. The third kappa shape index (κ3) is 4.06. The molecule has 4 aromatic rings. The summed E-state index contributed by atoms with van der Waals surface area (Å²) in [5.74, 6) is 1.38. The van der Waals surface area contributed by atoms with E-state index in [-0.39, 0.29) is 11.0 Å². The van der Waals surface area contributed by atoms with Crippen molar-refractivity contribution in [3.05, 3.63) is 66.1 Å². The van der Waals surface area contributed by atoms with Gasteiger partial charge in [0, 0.05) is 11.1 Å². The van der Waals surface area contributed by atoms with Gasteiger partial charge in [-0.1, -0.05) is 64.5 Å². The van der Waals surface area contributed by atoms with E-state index < -0.39 is 11.7 Å². The van der Waals surface area contributed by atoms with E-state index in [1.54, 1.807) is 0 Å². The summed E-state index contributed by atoms with van der Waals surface area (Å²) in [5, 5.41) is 7.95. The smallest absolute Gasteiger partial charge is 0.338 e. The van der Waals surface area contributed by atoms with Gasteiger partial charge in [-0.25, -0.2) is 0 Å². The minimum Gasteiger partial charge on any atom is -0.338 e. The van der Waals surface area contributed by atoms with Gasteiger partial charge in [0.25, 0.3) is 5.22 Å². The van der Waals surface area contributed by atoms with Gasteiger partial charge < -0.3 is 9.05 Å². The summed E-state index contributed by atoms with van der Waals surface area (Å²) >= 11 is 1.19. The molecule has 142 valence electrons. The molecule has 28 heavy (non-hydrogen) atoms. The number of halogens is 3. The molecule has 0 fully saturated rings. The second-order valence-corrected chi connectivity index (χ2v) is 6.55. The first-order chi connectivity index (χ1) is 13.5. The van der Waals surface area contributed by atoms with Crippen molar-refractivity contribution in [2.75, 3.05) is 0 Å². The highest BCUT2D eigenvalue weighted by Crippen LogP contribution is 2.31. The number of aromatic nitrogens is 4. The predicted molar refractivity (Wildman–Crippen MR) is 94.0 cm³/mol. The van der Waals surface area contributed by atoms with Crippen LogP contribution in [0, 0.1) is 0 Å². The van der Waals surface area contributed by atoms with Crippen molar-refractivity contribution >= 4 is 11.8 Å². The second kappa shape index (κ2) is 7.47. The molecule has 0 saturated heterocycles. The summed E-state index contributed by atoms with van der Waals surface area (Å²) in [6.45, 7) is 0. The van der Waals surface area contributed by atoms with Gasteiger partial charge in [-0.05, 0) is 12.1 Å². The third-order valence-electron chi connectivity index (χ3n) is 3.70. The maximum absolute atomic E-state index is 12.6. The van der Waals surface area contributed by atoms with E-state index in [0.717, 1.165) is 17.7 Å². The summed E-state index contributed by atoms with van der Waals surface area (Å²) in [7, 11) is 0. The van der Waals surface area contributed by atoms with Crippen molar-refractivity contribution in [1.29, 1.82) is 0 Å². The van der Waals surface area contributed by atoms with E-state index in [1.807, 2.05) is 30.3 Å². The Balaban J connectivity index is 1.41. The topological polar surface area (TPSA) is 77.8 Å². The van der Waals surface area contributed by atoms with E-state index >= 15 is 0 Å². The van der Waals surface area contributed by atoms with Crippen LogP contribution in [-0.2, 0) is 11.9 Å². The first kappa shape index (κ1) is 18.2. The minimum atomic E-state index is -4.39.